The van der Waals surface area contributed by atoms with Gasteiger partial charge in [-0.25, -0.2) is 0 Å². The zero-order chi connectivity index (χ0) is 14.5. The third kappa shape index (κ3) is 3.39. The molecule has 6 heteroatoms. The van der Waals surface area contributed by atoms with Crippen LogP contribution in [0.4, 0.5) is 0 Å². The molecule has 110 valence electrons. The molecular weight excluding hydrogens is 258 g/mol. The Balaban J connectivity index is 1.91. The molecule has 1 aliphatic heterocycles. The Morgan fingerprint density at radius 1 is 1.35 bits per heavy atom. The average molecular weight is 279 g/mol. The number of hydrogen-bond acceptors (Lipinski definition) is 4. The summed E-state index contributed by atoms with van der Waals surface area (Å²) in [6.07, 6.45) is 0.747. The number of rotatable bonds is 4. The smallest absolute Gasteiger partial charge is 0.289 e. The fourth-order valence-electron chi connectivity index (χ4n) is 2.16. The van der Waals surface area contributed by atoms with E-state index in [0.29, 0.717) is 13.1 Å². The highest BCUT2D eigenvalue weighted by Crippen LogP contribution is 2.10. The van der Waals surface area contributed by atoms with Crippen molar-refractivity contribution >= 4 is 11.8 Å². The molecule has 0 spiro atoms. The molecular formula is C14H21N3O3. The van der Waals surface area contributed by atoms with E-state index < -0.39 is 0 Å². The Hall–Kier alpha value is -1.82. The van der Waals surface area contributed by atoms with Crippen molar-refractivity contribution in [2.75, 3.05) is 39.8 Å². The second-order valence-electron chi connectivity index (χ2n) is 4.91. The molecule has 2 rings (SSSR count). The largest absolute Gasteiger partial charge is 0.456 e. The highest BCUT2D eigenvalue weighted by molar-refractivity contribution is 5.94. The van der Waals surface area contributed by atoms with E-state index in [1.54, 1.807) is 24.1 Å². The van der Waals surface area contributed by atoms with E-state index in [2.05, 4.69) is 5.32 Å². The van der Waals surface area contributed by atoms with Gasteiger partial charge in [0.25, 0.3) is 5.91 Å². The van der Waals surface area contributed by atoms with Crippen LogP contribution < -0.4 is 5.32 Å². The molecule has 2 amide bonds. The van der Waals surface area contributed by atoms with Gasteiger partial charge in [-0.15, -0.1) is 0 Å². The first-order valence-corrected chi connectivity index (χ1v) is 6.94. The van der Waals surface area contributed by atoms with Crippen LogP contribution in [0.2, 0.25) is 0 Å². The molecule has 1 aromatic rings. The molecule has 1 fully saturated rings. The molecule has 6 nitrogen and oxygen atoms in total. The van der Waals surface area contributed by atoms with E-state index in [-0.39, 0.29) is 24.1 Å². The maximum atomic E-state index is 12.1. The van der Waals surface area contributed by atoms with Crippen LogP contribution in [0.1, 0.15) is 23.2 Å². The third-order valence-electron chi connectivity index (χ3n) is 3.41. The summed E-state index contributed by atoms with van der Waals surface area (Å²) >= 11 is 0. The van der Waals surface area contributed by atoms with Crippen molar-refractivity contribution in [1.29, 1.82) is 0 Å². The predicted molar refractivity (Wildman–Crippen MR) is 74.5 cm³/mol. The first-order chi connectivity index (χ1) is 9.61. The number of amides is 2. The van der Waals surface area contributed by atoms with Crippen molar-refractivity contribution < 1.29 is 14.0 Å². The molecule has 0 aliphatic carbocycles. The molecule has 1 aliphatic rings. The number of likely N-dealkylation sites (N-methyl/N-ethyl adjacent to an activating group) is 1. The van der Waals surface area contributed by atoms with Crippen molar-refractivity contribution in [3.05, 3.63) is 23.7 Å². The van der Waals surface area contributed by atoms with Gasteiger partial charge in [0.1, 0.15) is 5.76 Å². The first kappa shape index (κ1) is 14.6. The van der Waals surface area contributed by atoms with Gasteiger partial charge in [-0.2, -0.15) is 0 Å². The van der Waals surface area contributed by atoms with E-state index in [4.69, 9.17) is 4.42 Å². The average Bonchev–Trinajstić information content (AvgIpc) is 2.96. The number of carbonyl (C=O) groups is 2. The van der Waals surface area contributed by atoms with Crippen LogP contribution in [0, 0.1) is 0 Å². The summed E-state index contributed by atoms with van der Waals surface area (Å²) in [5.74, 6) is 0.783. The Labute approximate surface area is 118 Å². The molecule has 2 heterocycles. The summed E-state index contributed by atoms with van der Waals surface area (Å²) in [6, 6.07) is 3.45. The fraction of sp³-hybridized carbons (Fsp3) is 0.571. The number of furan rings is 1. The van der Waals surface area contributed by atoms with Crippen LogP contribution in [-0.4, -0.2) is 61.4 Å². The van der Waals surface area contributed by atoms with Gasteiger partial charge in [0.05, 0.1) is 6.54 Å². The molecule has 0 radical (unpaired) electrons. The number of aryl methyl sites for hydroxylation is 1. The Morgan fingerprint density at radius 3 is 2.65 bits per heavy atom. The molecule has 20 heavy (non-hydrogen) atoms. The van der Waals surface area contributed by atoms with Gasteiger partial charge in [-0.3, -0.25) is 9.59 Å². The van der Waals surface area contributed by atoms with Gasteiger partial charge >= 0.3 is 0 Å². The van der Waals surface area contributed by atoms with Gasteiger partial charge < -0.3 is 19.5 Å². The van der Waals surface area contributed by atoms with Gasteiger partial charge in [-0.05, 0) is 12.1 Å². The van der Waals surface area contributed by atoms with Crippen molar-refractivity contribution in [2.45, 2.75) is 13.3 Å². The van der Waals surface area contributed by atoms with Crippen molar-refractivity contribution in [2.24, 2.45) is 0 Å². The molecule has 1 saturated heterocycles. The molecule has 0 unspecified atom stereocenters. The molecule has 1 aromatic heterocycles. The summed E-state index contributed by atoms with van der Waals surface area (Å²) in [4.78, 5) is 27.4. The standard InChI is InChI=1S/C14H21N3O3/c1-3-11-4-5-12(20-11)14(19)16(2)10-13(18)17-8-6-15-7-9-17/h4-5,15H,3,6-10H2,1-2H3. The normalized spacial score (nSPS) is 15.2. The number of piperazine rings is 1. The maximum absolute atomic E-state index is 12.1. The van der Waals surface area contributed by atoms with E-state index >= 15 is 0 Å². The summed E-state index contributed by atoms with van der Waals surface area (Å²) in [5, 5.41) is 3.19. The van der Waals surface area contributed by atoms with Gasteiger partial charge in [0.15, 0.2) is 5.76 Å². The summed E-state index contributed by atoms with van der Waals surface area (Å²) in [5.41, 5.74) is 0. The lowest BCUT2D eigenvalue weighted by Gasteiger charge is -2.29. The first-order valence-electron chi connectivity index (χ1n) is 6.94. The Kier molecular flexibility index (Phi) is 4.79. The Bertz CT molecular complexity index is 478. The van der Waals surface area contributed by atoms with Crippen LogP contribution in [0.25, 0.3) is 0 Å². The minimum absolute atomic E-state index is 0.0235. The van der Waals surface area contributed by atoms with E-state index in [1.807, 2.05) is 6.92 Å². The highest BCUT2D eigenvalue weighted by Gasteiger charge is 2.22. The SMILES string of the molecule is CCc1ccc(C(=O)N(C)CC(=O)N2CCNCC2)o1. The maximum Gasteiger partial charge on any atom is 0.289 e. The van der Waals surface area contributed by atoms with Crippen LogP contribution in [0.15, 0.2) is 16.5 Å². The van der Waals surface area contributed by atoms with Crippen LogP contribution >= 0.6 is 0 Å². The lowest BCUT2D eigenvalue weighted by atomic mass is 10.3. The van der Waals surface area contributed by atoms with E-state index in [0.717, 1.165) is 25.3 Å². The topological polar surface area (TPSA) is 65.8 Å². The Morgan fingerprint density at radius 2 is 2.05 bits per heavy atom. The lowest BCUT2D eigenvalue weighted by Crippen LogP contribution is -2.49. The number of hydrogen-bond donors (Lipinski definition) is 1. The minimum atomic E-state index is -0.256. The third-order valence-corrected chi connectivity index (χ3v) is 3.41. The summed E-state index contributed by atoms with van der Waals surface area (Å²) < 4.78 is 5.42. The van der Waals surface area contributed by atoms with Crippen LogP contribution in [-0.2, 0) is 11.2 Å². The number of nitrogens with zero attached hydrogens (tertiary/aromatic N) is 2. The van der Waals surface area contributed by atoms with Crippen LogP contribution in [0.3, 0.4) is 0 Å². The van der Waals surface area contributed by atoms with E-state index in [9.17, 15) is 9.59 Å². The van der Waals surface area contributed by atoms with E-state index in [1.165, 1.54) is 4.90 Å². The molecule has 0 atom stereocenters. The highest BCUT2D eigenvalue weighted by atomic mass is 16.4. The number of carbonyl (C=O) groups excluding carboxylic acids is 2. The van der Waals surface area contributed by atoms with Gasteiger partial charge in [0, 0.05) is 39.6 Å². The van der Waals surface area contributed by atoms with Gasteiger partial charge in [-0.1, -0.05) is 6.92 Å². The second kappa shape index (κ2) is 6.56. The summed E-state index contributed by atoms with van der Waals surface area (Å²) in [7, 11) is 1.62. The quantitative estimate of drug-likeness (QED) is 0.863. The van der Waals surface area contributed by atoms with Crippen molar-refractivity contribution in [3.63, 3.8) is 0 Å². The monoisotopic (exact) mass is 279 g/mol. The van der Waals surface area contributed by atoms with Crippen LogP contribution in [0.5, 0.6) is 0 Å². The molecule has 0 saturated carbocycles. The predicted octanol–water partition coefficient (Wildman–Crippen LogP) is 0.346. The molecule has 0 bridgehead atoms. The fourth-order valence-corrected chi connectivity index (χ4v) is 2.16. The number of nitrogens with one attached hydrogen (secondary N) is 1. The molecule has 0 aromatic carbocycles. The van der Waals surface area contributed by atoms with Crippen molar-refractivity contribution in [1.82, 2.24) is 15.1 Å². The zero-order valence-electron chi connectivity index (χ0n) is 12.0. The van der Waals surface area contributed by atoms with Gasteiger partial charge in [0.2, 0.25) is 5.91 Å². The second-order valence-corrected chi connectivity index (χ2v) is 4.91. The lowest BCUT2D eigenvalue weighted by molar-refractivity contribution is -0.132. The molecule has 1 N–H and O–H groups in total. The van der Waals surface area contributed by atoms with Crippen molar-refractivity contribution in [3.8, 4) is 0 Å². The zero-order valence-corrected chi connectivity index (χ0v) is 12.0. The minimum Gasteiger partial charge on any atom is -0.456 e. The summed E-state index contributed by atoms with van der Waals surface area (Å²) in [6.45, 7) is 5.05.